The number of hydrogen-bond acceptors (Lipinski definition) is 4. The molecule has 0 bridgehead atoms. The largest absolute Gasteiger partial charge is 0.497 e. The highest BCUT2D eigenvalue weighted by Crippen LogP contribution is 2.36. The molecule has 0 aliphatic carbocycles. The minimum Gasteiger partial charge on any atom is -0.497 e. The highest BCUT2D eigenvalue weighted by atomic mass is 32.2. The van der Waals surface area contributed by atoms with E-state index in [9.17, 15) is 4.79 Å². The summed E-state index contributed by atoms with van der Waals surface area (Å²) < 4.78 is 5.76. The number of hydrogen-bond donors (Lipinski definition) is 0. The van der Waals surface area contributed by atoms with Crippen LogP contribution in [-0.2, 0) is 4.79 Å². The van der Waals surface area contributed by atoms with Crippen LogP contribution < -0.4 is 9.64 Å². The van der Waals surface area contributed by atoms with Gasteiger partial charge < -0.3 is 4.74 Å². The van der Waals surface area contributed by atoms with Gasteiger partial charge in [0.05, 0.1) is 17.7 Å². The SMILES string of the molecule is COc1cccc(N2C(=O)/C(=C/C(C)=Cc3ccccc3)SC2=S)c1. The van der Waals surface area contributed by atoms with Crippen molar-refractivity contribution in [3.63, 3.8) is 0 Å². The van der Waals surface area contributed by atoms with Gasteiger partial charge in [-0.05, 0) is 36.3 Å². The molecule has 1 aliphatic rings. The van der Waals surface area contributed by atoms with Crippen molar-refractivity contribution in [1.29, 1.82) is 0 Å². The summed E-state index contributed by atoms with van der Waals surface area (Å²) in [7, 11) is 1.60. The standard InChI is InChI=1S/C20H17NO2S2/c1-14(11-15-7-4-3-5-8-15)12-18-19(22)21(20(24)25-18)16-9-6-10-17(13-16)23-2/h3-13H,1-2H3/b14-11?,18-12-. The van der Waals surface area contributed by atoms with Gasteiger partial charge in [0.15, 0.2) is 4.32 Å². The number of methoxy groups -OCH3 is 1. The lowest BCUT2D eigenvalue weighted by Gasteiger charge is -2.15. The number of thioether (sulfide) groups is 1. The van der Waals surface area contributed by atoms with Crippen molar-refractivity contribution in [3.05, 3.63) is 76.7 Å². The fourth-order valence-electron chi connectivity index (χ4n) is 2.50. The zero-order valence-electron chi connectivity index (χ0n) is 13.9. The summed E-state index contributed by atoms with van der Waals surface area (Å²) in [4.78, 5) is 15.0. The summed E-state index contributed by atoms with van der Waals surface area (Å²) >= 11 is 6.72. The van der Waals surface area contributed by atoms with E-state index in [4.69, 9.17) is 17.0 Å². The number of ether oxygens (including phenoxy) is 1. The van der Waals surface area contributed by atoms with Crippen LogP contribution in [0.1, 0.15) is 12.5 Å². The summed E-state index contributed by atoms with van der Waals surface area (Å²) in [5.74, 6) is 0.583. The Balaban J connectivity index is 1.86. The molecule has 5 heteroatoms. The maximum atomic E-state index is 12.8. The Bertz CT molecular complexity index is 872. The molecular formula is C20H17NO2S2. The average Bonchev–Trinajstić information content (AvgIpc) is 2.89. The van der Waals surface area contributed by atoms with Crippen LogP contribution in [0.2, 0.25) is 0 Å². The molecule has 25 heavy (non-hydrogen) atoms. The third kappa shape index (κ3) is 4.00. The number of benzene rings is 2. The second kappa shape index (κ2) is 7.68. The Morgan fingerprint density at radius 2 is 1.92 bits per heavy atom. The Hall–Kier alpha value is -2.37. The monoisotopic (exact) mass is 367 g/mol. The predicted octanol–water partition coefficient (Wildman–Crippen LogP) is 5.05. The zero-order valence-corrected chi connectivity index (χ0v) is 15.6. The van der Waals surface area contributed by atoms with E-state index in [0.717, 1.165) is 16.8 Å². The first-order valence-corrected chi connectivity index (χ1v) is 8.96. The van der Waals surface area contributed by atoms with Gasteiger partial charge in [0.25, 0.3) is 5.91 Å². The molecule has 0 N–H and O–H groups in total. The van der Waals surface area contributed by atoms with Crippen molar-refractivity contribution in [2.75, 3.05) is 12.0 Å². The maximum absolute atomic E-state index is 12.8. The van der Waals surface area contributed by atoms with E-state index in [1.807, 2.05) is 67.6 Å². The minimum atomic E-state index is -0.107. The Kier molecular flexibility index (Phi) is 5.36. The van der Waals surface area contributed by atoms with Crippen molar-refractivity contribution in [1.82, 2.24) is 0 Å². The third-order valence-electron chi connectivity index (χ3n) is 3.66. The number of allylic oxidation sites excluding steroid dienone is 2. The van der Waals surface area contributed by atoms with Gasteiger partial charge in [-0.3, -0.25) is 9.69 Å². The highest BCUT2D eigenvalue weighted by Gasteiger charge is 2.33. The quantitative estimate of drug-likeness (QED) is 0.559. The fraction of sp³-hybridized carbons (Fsp3) is 0.100. The van der Waals surface area contributed by atoms with E-state index >= 15 is 0 Å². The molecule has 0 aromatic heterocycles. The van der Waals surface area contributed by atoms with E-state index < -0.39 is 0 Å². The van der Waals surface area contributed by atoms with Crippen molar-refractivity contribution < 1.29 is 9.53 Å². The number of rotatable bonds is 4. The van der Waals surface area contributed by atoms with Crippen LogP contribution in [-0.4, -0.2) is 17.3 Å². The van der Waals surface area contributed by atoms with E-state index in [1.54, 1.807) is 18.1 Å². The fourth-order valence-corrected chi connectivity index (χ4v) is 3.85. The lowest BCUT2D eigenvalue weighted by atomic mass is 10.1. The molecule has 1 fully saturated rings. The van der Waals surface area contributed by atoms with Gasteiger partial charge in [0, 0.05) is 6.07 Å². The highest BCUT2D eigenvalue weighted by molar-refractivity contribution is 8.27. The van der Waals surface area contributed by atoms with Crippen LogP contribution in [0.4, 0.5) is 5.69 Å². The second-order valence-corrected chi connectivity index (χ2v) is 7.19. The first kappa shape index (κ1) is 17.5. The van der Waals surface area contributed by atoms with Gasteiger partial charge in [-0.25, -0.2) is 0 Å². The average molecular weight is 367 g/mol. The molecule has 0 radical (unpaired) electrons. The molecular weight excluding hydrogens is 350 g/mol. The molecule has 1 heterocycles. The molecule has 0 saturated carbocycles. The lowest BCUT2D eigenvalue weighted by Crippen LogP contribution is -2.27. The number of nitrogens with zero attached hydrogens (tertiary/aromatic N) is 1. The van der Waals surface area contributed by atoms with Crippen LogP contribution in [0.3, 0.4) is 0 Å². The summed E-state index contributed by atoms with van der Waals surface area (Å²) in [6.07, 6.45) is 3.92. The first-order valence-electron chi connectivity index (χ1n) is 7.74. The molecule has 1 amide bonds. The molecule has 0 unspecified atom stereocenters. The van der Waals surface area contributed by atoms with Crippen molar-refractivity contribution >= 4 is 46.0 Å². The second-order valence-electron chi connectivity index (χ2n) is 5.52. The number of amides is 1. The van der Waals surface area contributed by atoms with Gasteiger partial charge in [-0.2, -0.15) is 0 Å². The third-order valence-corrected chi connectivity index (χ3v) is 4.96. The number of carbonyl (C=O) groups excluding carboxylic acids is 1. The van der Waals surface area contributed by atoms with Crippen molar-refractivity contribution in [2.24, 2.45) is 0 Å². The minimum absolute atomic E-state index is 0.107. The van der Waals surface area contributed by atoms with Gasteiger partial charge in [-0.15, -0.1) is 0 Å². The topological polar surface area (TPSA) is 29.5 Å². The molecule has 3 rings (SSSR count). The number of thiocarbonyl (C=S) groups is 1. The van der Waals surface area contributed by atoms with Gasteiger partial charge in [0.2, 0.25) is 0 Å². The van der Waals surface area contributed by atoms with Gasteiger partial charge in [0.1, 0.15) is 5.75 Å². The summed E-state index contributed by atoms with van der Waals surface area (Å²) in [6.45, 7) is 1.98. The molecule has 2 aromatic carbocycles. The lowest BCUT2D eigenvalue weighted by molar-refractivity contribution is -0.113. The van der Waals surface area contributed by atoms with E-state index in [1.165, 1.54) is 11.8 Å². The number of anilines is 1. The molecule has 1 saturated heterocycles. The van der Waals surface area contributed by atoms with Crippen molar-refractivity contribution in [3.8, 4) is 5.75 Å². The Morgan fingerprint density at radius 3 is 2.64 bits per heavy atom. The summed E-state index contributed by atoms with van der Waals surface area (Å²) in [5, 5.41) is 0. The Morgan fingerprint density at radius 1 is 1.16 bits per heavy atom. The molecule has 0 spiro atoms. The van der Waals surface area contributed by atoms with E-state index in [0.29, 0.717) is 15.0 Å². The predicted molar refractivity (Wildman–Crippen MR) is 109 cm³/mol. The van der Waals surface area contributed by atoms with E-state index in [-0.39, 0.29) is 5.91 Å². The summed E-state index contributed by atoms with van der Waals surface area (Å²) in [6, 6.07) is 17.3. The van der Waals surface area contributed by atoms with Gasteiger partial charge >= 0.3 is 0 Å². The molecule has 0 atom stereocenters. The van der Waals surface area contributed by atoms with E-state index in [2.05, 4.69) is 0 Å². The van der Waals surface area contributed by atoms with Crippen molar-refractivity contribution in [2.45, 2.75) is 6.92 Å². The van der Waals surface area contributed by atoms with Gasteiger partial charge in [-0.1, -0.05) is 66.5 Å². The van der Waals surface area contributed by atoms with Crippen LogP contribution in [0.5, 0.6) is 5.75 Å². The molecule has 1 aliphatic heterocycles. The Labute approximate surface area is 157 Å². The summed E-state index contributed by atoms with van der Waals surface area (Å²) in [5.41, 5.74) is 2.81. The van der Waals surface area contributed by atoms with Crippen LogP contribution in [0, 0.1) is 0 Å². The zero-order chi connectivity index (χ0) is 17.8. The first-order chi connectivity index (χ1) is 12.1. The van der Waals surface area contributed by atoms with Crippen LogP contribution in [0.25, 0.3) is 6.08 Å². The smallest absolute Gasteiger partial charge is 0.270 e. The molecule has 3 nitrogen and oxygen atoms in total. The number of carbonyl (C=O) groups is 1. The van der Waals surface area contributed by atoms with Crippen LogP contribution >= 0.6 is 24.0 Å². The molecule has 2 aromatic rings. The maximum Gasteiger partial charge on any atom is 0.270 e. The normalized spacial score (nSPS) is 16.6. The molecule has 126 valence electrons. The van der Waals surface area contributed by atoms with Crippen LogP contribution in [0.15, 0.2) is 71.2 Å².